The molecule has 1 aromatic carbocycles. The summed E-state index contributed by atoms with van der Waals surface area (Å²) in [6, 6.07) is 7.42. The third-order valence-corrected chi connectivity index (χ3v) is 6.13. The van der Waals surface area contributed by atoms with Gasteiger partial charge in [0.2, 0.25) is 0 Å². The summed E-state index contributed by atoms with van der Waals surface area (Å²) in [6.07, 6.45) is 7.69. The van der Waals surface area contributed by atoms with Crippen molar-refractivity contribution < 1.29 is 14.3 Å². The highest BCUT2D eigenvalue weighted by atomic mass is 16.5. The van der Waals surface area contributed by atoms with Gasteiger partial charge >= 0.3 is 6.03 Å². The Morgan fingerprint density at radius 3 is 2.16 bits per heavy atom. The van der Waals surface area contributed by atoms with E-state index >= 15 is 0 Å². The summed E-state index contributed by atoms with van der Waals surface area (Å²) in [4.78, 5) is 12.3. The molecule has 136 valence electrons. The van der Waals surface area contributed by atoms with E-state index in [1.54, 1.807) is 7.11 Å². The van der Waals surface area contributed by atoms with Crippen LogP contribution in [0, 0.1) is 17.8 Å². The van der Waals surface area contributed by atoms with E-state index in [0.717, 1.165) is 29.3 Å². The van der Waals surface area contributed by atoms with Crippen LogP contribution in [-0.4, -0.2) is 31.8 Å². The Balaban J connectivity index is 1.20. The average Bonchev–Trinajstić information content (AvgIpc) is 2.57. The molecule has 0 spiro atoms. The molecule has 0 aromatic heterocycles. The van der Waals surface area contributed by atoms with Crippen molar-refractivity contribution in [1.82, 2.24) is 10.6 Å². The Bertz CT molecular complexity index is 579. The second-order valence-electron chi connectivity index (χ2n) is 8.10. The molecule has 0 saturated heterocycles. The Morgan fingerprint density at radius 1 is 1.04 bits per heavy atom. The number of hydrogen-bond donors (Lipinski definition) is 2. The van der Waals surface area contributed by atoms with Gasteiger partial charge in [0.25, 0.3) is 0 Å². The van der Waals surface area contributed by atoms with Gasteiger partial charge in [0, 0.05) is 5.54 Å². The number of benzene rings is 1. The predicted octanol–water partition coefficient (Wildman–Crippen LogP) is 3.34. The van der Waals surface area contributed by atoms with Gasteiger partial charge in [-0.05, 0) is 80.5 Å². The summed E-state index contributed by atoms with van der Waals surface area (Å²) in [5.41, 5.74) is 0.0652. The largest absolute Gasteiger partial charge is 0.497 e. The minimum atomic E-state index is -0.0414. The second kappa shape index (κ2) is 6.77. The molecule has 0 aliphatic heterocycles. The van der Waals surface area contributed by atoms with Crippen LogP contribution >= 0.6 is 0 Å². The molecule has 0 heterocycles. The summed E-state index contributed by atoms with van der Waals surface area (Å²) in [5.74, 6) is 4.10. The molecule has 2 N–H and O–H groups in total. The molecule has 2 amide bonds. The van der Waals surface area contributed by atoms with Crippen molar-refractivity contribution in [2.75, 3.05) is 20.3 Å². The van der Waals surface area contributed by atoms with E-state index in [2.05, 4.69) is 10.6 Å². The maximum absolute atomic E-state index is 12.3. The Morgan fingerprint density at radius 2 is 1.60 bits per heavy atom. The molecule has 5 nitrogen and oxygen atoms in total. The van der Waals surface area contributed by atoms with Gasteiger partial charge in [-0.3, -0.25) is 0 Å². The van der Waals surface area contributed by atoms with Gasteiger partial charge in [-0.25, -0.2) is 4.79 Å². The number of amides is 2. The van der Waals surface area contributed by atoms with Crippen molar-refractivity contribution in [3.8, 4) is 11.5 Å². The Kier molecular flexibility index (Phi) is 4.48. The van der Waals surface area contributed by atoms with Gasteiger partial charge in [-0.15, -0.1) is 0 Å². The first kappa shape index (κ1) is 16.6. The Labute approximate surface area is 149 Å². The average molecular weight is 344 g/mol. The van der Waals surface area contributed by atoms with E-state index < -0.39 is 0 Å². The molecule has 5 rings (SSSR count). The zero-order valence-corrected chi connectivity index (χ0v) is 14.9. The third-order valence-electron chi connectivity index (χ3n) is 6.13. The molecule has 4 saturated carbocycles. The third kappa shape index (κ3) is 3.70. The lowest BCUT2D eigenvalue weighted by molar-refractivity contribution is -0.0135. The van der Waals surface area contributed by atoms with E-state index in [4.69, 9.17) is 9.47 Å². The normalized spacial score (nSPS) is 32.3. The van der Waals surface area contributed by atoms with Crippen LogP contribution in [0.1, 0.15) is 38.5 Å². The number of methoxy groups -OCH3 is 1. The van der Waals surface area contributed by atoms with Crippen LogP contribution < -0.4 is 20.1 Å². The molecular weight excluding hydrogens is 316 g/mol. The lowest BCUT2D eigenvalue weighted by atomic mass is 9.53. The van der Waals surface area contributed by atoms with Crippen molar-refractivity contribution in [2.24, 2.45) is 17.8 Å². The topological polar surface area (TPSA) is 59.6 Å². The van der Waals surface area contributed by atoms with Gasteiger partial charge in [0.15, 0.2) is 0 Å². The van der Waals surface area contributed by atoms with Gasteiger partial charge in [0.05, 0.1) is 13.7 Å². The quantitative estimate of drug-likeness (QED) is 0.778. The van der Waals surface area contributed by atoms with Gasteiger partial charge in [0.1, 0.15) is 18.1 Å². The van der Waals surface area contributed by atoms with Crippen molar-refractivity contribution in [3.05, 3.63) is 24.3 Å². The highest BCUT2D eigenvalue weighted by Gasteiger charge is 2.51. The zero-order chi connectivity index (χ0) is 17.3. The molecule has 0 atom stereocenters. The van der Waals surface area contributed by atoms with Crippen LogP contribution in [0.15, 0.2) is 24.3 Å². The van der Waals surface area contributed by atoms with Crippen LogP contribution in [0.2, 0.25) is 0 Å². The minimum absolute atomic E-state index is 0.0414. The summed E-state index contributed by atoms with van der Waals surface area (Å²) in [6.45, 7) is 0.963. The Hall–Kier alpha value is -1.91. The summed E-state index contributed by atoms with van der Waals surface area (Å²) < 4.78 is 10.8. The van der Waals surface area contributed by atoms with Crippen molar-refractivity contribution in [3.63, 3.8) is 0 Å². The molecule has 5 heteroatoms. The van der Waals surface area contributed by atoms with Crippen LogP contribution in [0.5, 0.6) is 11.5 Å². The molecule has 0 radical (unpaired) electrons. The van der Waals surface area contributed by atoms with E-state index in [9.17, 15) is 4.79 Å². The smallest absolute Gasteiger partial charge is 0.315 e. The monoisotopic (exact) mass is 344 g/mol. The number of rotatable bonds is 6. The van der Waals surface area contributed by atoms with E-state index in [1.807, 2.05) is 24.3 Å². The standard InChI is InChI=1S/C20H28N2O3/c1-24-17-2-4-18(5-3-17)25-7-6-21-19(23)22-20-11-14-8-15(12-20)10-16(9-14)13-20/h2-5,14-16H,6-13H2,1H3,(H2,21,22,23). The van der Waals surface area contributed by atoms with E-state index in [-0.39, 0.29) is 11.6 Å². The van der Waals surface area contributed by atoms with Gasteiger partial charge in [-0.2, -0.15) is 0 Å². The van der Waals surface area contributed by atoms with Crippen molar-refractivity contribution >= 4 is 6.03 Å². The number of carbonyl (C=O) groups excluding carboxylic acids is 1. The van der Waals surface area contributed by atoms with Crippen LogP contribution in [0.3, 0.4) is 0 Å². The number of nitrogens with one attached hydrogen (secondary N) is 2. The SMILES string of the molecule is COc1ccc(OCCNC(=O)NC23CC4CC(CC(C4)C2)C3)cc1. The van der Waals surface area contributed by atoms with E-state index in [1.165, 1.54) is 38.5 Å². The van der Waals surface area contributed by atoms with Crippen LogP contribution in [0.25, 0.3) is 0 Å². The first-order valence-corrected chi connectivity index (χ1v) is 9.47. The second-order valence-corrected chi connectivity index (χ2v) is 8.10. The number of urea groups is 1. The molecule has 1 aromatic rings. The molecule has 0 unspecified atom stereocenters. The first-order valence-electron chi connectivity index (χ1n) is 9.47. The van der Waals surface area contributed by atoms with Crippen molar-refractivity contribution in [1.29, 1.82) is 0 Å². The summed E-state index contributed by atoms with van der Waals surface area (Å²) in [7, 11) is 1.64. The fraction of sp³-hybridized carbons (Fsp3) is 0.650. The molecule has 4 aliphatic carbocycles. The fourth-order valence-corrected chi connectivity index (χ4v) is 5.55. The molecular formula is C20H28N2O3. The van der Waals surface area contributed by atoms with E-state index in [0.29, 0.717) is 13.2 Å². The maximum Gasteiger partial charge on any atom is 0.315 e. The van der Waals surface area contributed by atoms with Gasteiger partial charge < -0.3 is 20.1 Å². The predicted molar refractivity (Wildman–Crippen MR) is 95.9 cm³/mol. The highest BCUT2D eigenvalue weighted by molar-refractivity contribution is 5.74. The molecule has 4 bridgehead atoms. The van der Waals surface area contributed by atoms with Crippen LogP contribution in [-0.2, 0) is 0 Å². The summed E-state index contributed by atoms with van der Waals surface area (Å²) in [5, 5.41) is 6.27. The van der Waals surface area contributed by atoms with Crippen LogP contribution in [0.4, 0.5) is 4.79 Å². The lowest BCUT2D eigenvalue weighted by Crippen LogP contribution is -2.61. The fourth-order valence-electron chi connectivity index (χ4n) is 5.55. The lowest BCUT2D eigenvalue weighted by Gasteiger charge is -2.56. The van der Waals surface area contributed by atoms with Gasteiger partial charge in [-0.1, -0.05) is 0 Å². The molecule has 4 fully saturated rings. The minimum Gasteiger partial charge on any atom is -0.497 e. The number of ether oxygens (including phenoxy) is 2. The van der Waals surface area contributed by atoms with Crippen molar-refractivity contribution in [2.45, 2.75) is 44.1 Å². The highest BCUT2D eigenvalue weighted by Crippen LogP contribution is 2.55. The number of hydrogen-bond acceptors (Lipinski definition) is 3. The molecule has 25 heavy (non-hydrogen) atoms. The first-order chi connectivity index (χ1) is 12.1. The zero-order valence-electron chi connectivity index (χ0n) is 14.9. The number of carbonyl (C=O) groups is 1. The molecule has 4 aliphatic rings. The summed E-state index contributed by atoms with van der Waals surface area (Å²) >= 11 is 0. The maximum atomic E-state index is 12.3.